The predicted molar refractivity (Wildman–Crippen MR) is 110 cm³/mol. The fraction of sp³-hybridized carbons (Fsp3) is 0.435. The summed E-state index contributed by atoms with van der Waals surface area (Å²) >= 11 is 0. The van der Waals surface area contributed by atoms with E-state index in [1.807, 2.05) is 0 Å². The van der Waals surface area contributed by atoms with Crippen molar-refractivity contribution in [2.75, 3.05) is 38.0 Å². The molecule has 1 saturated heterocycles. The van der Waals surface area contributed by atoms with Crippen molar-refractivity contribution < 1.29 is 14.6 Å². The lowest BCUT2D eigenvalue weighted by Gasteiger charge is -2.29. The van der Waals surface area contributed by atoms with Gasteiger partial charge in [0.2, 0.25) is 0 Å². The number of hydrogen-bond donors (Lipinski definition) is 3. The van der Waals surface area contributed by atoms with Gasteiger partial charge < -0.3 is 15.1 Å². The van der Waals surface area contributed by atoms with Crippen LogP contribution in [0.5, 0.6) is 0 Å². The number of amides is 1. The van der Waals surface area contributed by atoms with E-state index in [1.54, 1.807) is 4.90 Å². The summed E-state index contributed by atoms with van der Waals surface area (Å²) in [6, 6.07) is 14.9. The van der Waals surface area contributed by atoms with E-state index < -0.39 is 0 Å². The summed E-state index contributed by atoms with van der Waals surface area (Å²) in [5.74, 6) is 0.136. The second kappa shape index (κ2) is 9.16. The number of carbonyl (C=O) groups is 1. The van der Waals surface area contributed by atoms with Gasteiger partial charge in [-0.05, 0) is 37.0 Å². The molecule has 0 spiro atoms. The van der Waals surface area contributed by atoms with E-state index in [9.17, 15) is 4.79 Å². The van der Waals surface area contributed by atoms with Crippen molar-refractivity contribution in [2.24, 2.45) is 0 Å². The molecule has 27 heavy (non-hydrogen) atoms. The van der Waals surface area contributed by atoms with Crippen LogP contribution in [0.3, 0.4) is 0 Å². The van der Waals surface area contributed by atoms with Gasteiger partial charge in [0.1, 0.15) is 32.7 Å². The van der Waals surface area contributed by atoms with Crippen molar-refractivity contribution in [3.8, 4) is 0 Å². The maximum Gasteiger partial charge on any atom is 0.279 e. The Morgan fingerprint density at radius 2 is 1.52 bits per heavy atom. The molecule has 0 atom stereocenters. The molecule has 1 amide bonds. The quantitative estimate of drug-likeness (QED) is 0.694. The van der Waals surface area contributed by atoms with Crippen LogP contribution in [0.15, 0.2) is 42.5 Å². The first-order chi connectivity index (χ1) is 13.1. The lowest BCUT2D eigenvalue weighted by atomic mass is 10.1. The van der Waals surface area contributed by atoms with Crippen LogP contribution in [0.4, 0.5) is 5.69 Å². The molecule has 144 valence electrons. The fourth-order valence-electron chi connectivity index (χ4n) is 4.00. The Morgan fingerprint density at radius 3 is 2.22 bits per heavy atom. The molecule has 0 bridgehead atoms. The minimum atomic E-state index is 0.136. The lowest BCUT2D eigenvalue weighted by Crippen LogP contribution is -3.28. The number of benzene rings is 2. The van der Waals surface area contributed by atoms with Crippen LogP contribution in [-0.2, 0) is 17.8 Å². The first-order valence-corrected chi connectivity index (χ1v) is 10.2. The van der Waals surface area contributed by atoms with Gasteiger partial charge in [-0.15, -0.1) is 0 Å². The van der Waals surface area contributed by atoms with Crippen LogP contribution in [-0.4, -0.2) is 38.6 Å². The maximum atomic E-state index is 12.6. The summed E-state index contributed by atoms with van der Waals surface area (Å²) in [4.78, 5) is 15.6. The van der Waals surface area contributed by atoms with E-state index in [0.717, 1.165) is 50.4 Å². The molecule has 1 aliphatic rings. The molecule has 1 fully saturated rings. The monoisotopic (exact) mass is 367 g/mol. The number of anilines is 1. The molecule has 1 aliphatic heterocycles. The van der Waals surface area contributed by atoms with Gasteiger partial charge in [-0.3, -0.25) is 4.79 Å². The van der Waals surface area contributed by atoms with E-state index in [-0.39, 0.29) is 5.91 Å². The highest BCUT2D eigenvalue weighted by molar-refractivity contribution is 5.93. The smallest absolute Gasteiger partial charge is 0.279 e. The number of para-hydroxylation sites is 1. The summed E-state index contributed by atoms with van der Waals surface area (Å²) in [7, 11) is 0. The number of carbonyl (C=O) groups excluding carboxylic acids is 1. The maximum absolute atomic E-state index is 12.6. The Balaban J connectivity index is 1.49. The predicted octanol–water partition coefficient (Wildman–Crippen LogP) is 0.788. The summed E-state index contributed by atoms with van der Waals surface area (Å²) in [5, 5.41) is 3.17. The van der Waals surface area contributed by atoms with E-state index >= 15 is 0 Å². The van der Waals surface area contributed by atoms with Crippen molar-refractivity contribution in [2.45, 2.75) is 33.7 Å². The van der Waals surface area contributed by atoms with Crippen molar-refractivity contribution in [3.05, 3.63) is 64.7 Å². The lowest BCUT2D eigenvalue weighted by molar-refractivity contribution is -1.02. The first kappa shape index (κ1) is 19.6. The minimum Gasteiger partial charge on any atom is -0.322 e. The van der Waals surface area contributed by atoms with Crippen LogP contribution in [0.2, 0.25) is 0 Å². The molecule has 3 N–H and O–H groups in total. The molecular formula is C23H33N3O+2. The molecule has 2 aromatic carbocycles. The van der Waals surface area contributed by atoms with Crippen LogP contribution in [0.1, 0.15) is 29.2 Å². The SMILES string of the molecule is CCc1cccc(C)c1NC(=O)C[NH+]1CC[NH+](Cc2ccccc2C)CC1. The zero-order chi connectivity index (χ0) is 19.2. The van der Waals surface area contributed by atoms with E-state index in [1.165, 1.54) is 21.6 Å². The summed E-state index contributed by atoms with van der Waals surface area (Å²) in [6.45, 7) is 12.4. The Kier molecular flexibility index (Phi) is 6.64. The van der Waals surface area contributed by atoms with Crippen LogP contribution < -0.4 is 15.1 Å². The number of rotatable bonds is 6. The molecule has 4 nitrogen and oxygen atoms in total. The average Bonchev–Trinajstić information content (AvgIpc) is 2.67. The zero-order valence-electron chi connectivity index (χ0n) is 16.9. The second-order valence-electron chi connectivity index (χ2n) is 7.79. The summed E-state index contributed by atoms with van der Waals surface area (Å²) in [6.07, 6.45) is 0.936. The van der Waals surface area contributed by atoms with Crippen molar-refractivity contribution in [1.82, 2.24) is 0 Å². The Morgan fingerprint density at radius 1 is 0.889 bits per heavy atom. The molecular weight excluding hydrogens is 334 g/mol. The van der Waals surface area contributed by atoms with Gasteiger partial charge in [0, 0.05) is 11.3 Å². The van der Waals surface area contributed by atoms with Crippen molar-refractivity contribution >= 4 is 11.6 Å². The van der Waals surface area contributed by atoms with Crippen molar-refractivity contribution in [3.63, 3.8) is 0 Å². The highest BCUT2D eigenvalue weighted by atomic mass is 16.2. The highest BCUT2D eigenvalue weighted by Crippen LogP contribution is 2.20. The van der Waals surface area contributed by atoms with Gasteiger partial charge in [-0.1, -0.05) is 49.4 Å². The average molecular weight is 368 g/mol. The topological polar surface area (TPSA) is 38.0 Å². The number of piperazine rings is 1. The summed E-state index contributed by atoms with van der Waals surface area (Å²) in [5.41, 5.74) is 6.19. The molecule has 0 saturated carbocycles. The van der Waals surface area contributed by atoms with Gasteiger partial charge in [0.15, 0.2) is 6.54 Å². The third kappa shape index (κ3) is 5.18. The van der Waals surface area contributed by atoms with Crippen LogP contribution in [0, 0.1) is 13.8 Å². The van der Waals surface area contributed by atoms with Gasteiger partial charge >= 0.3 is 0 Å². The van der Waals surface area contributed by atoms with Gasteiger partial charge in [0.05, 0.1) is 0 Å². The van der Waals surface area contributed by atoms with E-state index in [0.29, 0.717) is 6.54 Å². The third-order valence-corrected chi connectivity index (χ3v) is 5.78. The largest absolute Gasteiger partial charge is 0.322 e. The van der Waals surface area contributed by atoms with Crippen molar-refractivity contribution in [1.29, 1.82) is 0 Å². The molecule has 2 aromatic rings. The number of aryl methyl sites for hydroxylation is 3. The standard InChI is InChI=1S/C23H31N3O/c1-4-20-11-7-9-19(3)23(20)24-22(27)17-26-14-12-25(13-15-26)16-21-10-6-5-8-18(21)2/h5-11H,4,12-17H2,1-3H3,(H,24,27)/p+2. The van der Waals surface area contributed by atoms with Gasteiger partial charge in [-0.2, -0.15) is 0 Å². The number of hydrogen-bond acceptors (Lipinski definition) is 1. The molecule has 4 heteroatoms. The molecule has 3 rings (SSSR count). The molecule has 0 radical (unpaired) electrons. The molecule has 0 unspecified atom stereocenters. The molecule has 0 aliphatic carbocycles. The number of nitrogens with one attached hydrogen (secondary N) is 3. The Labute approximate surface area is 163 Å². The zero-order valence-corrected chi connectivity index (χ0v) is 16.9. The van der Waals surface area contributed by atoms with Crippen LogP contribution in [0.25, 0.3) is 0 Å². The van der Waals surface area contributed by atoms with E-state index in [4.69, 9.17) is 0 Å². The van der Waals surface area contributed by atoms with Crippen LogP contribution >= 0.6 is 0 Å². The van der Waals surface area contributed by atoms with Gasteiger partial charge in [-0.25, -0.2) is 0 Å². The fourth-order valence-corrected chi connectivity index (χ4v) is 4.00. The summed E-state index contributed by atoms with van der Waals surface area (Å²) < 4.78 is 0. The van der Waals surface area contributed by atoms with Gasteiger partial charge in [0.25, 0.3) is 5.91 Å². The molecule has 1 heterocycles. The number of quaternary nitrogens is 2. The molecule has 0 aromatic heterocycles. The Hall–Kier alpha value is -2.17. The second-order valence-corrected chi connectivity index (χ2v) is 7.79. The third-order valence-electron chi connectivity index (χ3n) is 5.78. The normalized spacial score (nSPS) is 19.7. The van der Waals surface area contributed by atoms with E-state index in [2.05, 4.69) is 68.6 Å². The minimum absolute atomic E-state index is 0.136. The highest BCUT2D eigenvalue weighted by Gasteiger charge is 2.25. The first-order valence-electron chi connectivity index (χ1n) is 10.2. The Bertz CT molecular complexity index is 779.